The molecule has 1 N–H and O–H groups in total. The minimum atomic E-state index is -2.82. The smallest absolute Gasteiger partial charge is 0.408 e. The van der Waals surface area contributed by atoms with E-state index in [2.05, 4.69) is 5.32 Å². The van der Waals surface area contributed by atoms with Crippen LogP contribution in [0.1, 0.15) is 33.6 Å². The van der Waals surface area contributed by atoms with Crippen LogP contribution >= 0.6 is 0 Å². The molecule has 0 aromatic rings. The molecule has 0 radical (unpaired) electrons. The number of hydrogen-bond acceptors (Lipinski definition) is 3. The Morgan fingerprint density at radius 2 is 1.94 bits per heavy atom. The second-order valence-corrected chi connectivity index (χ2v) is 6.22. The number of alkyl carbamates (subject to hydrolysis) is 1. The lowest BCUT2D eigenvalue weighted by atomic mass is 10.1. The highest BCUT2D eigenvalue weighted by Crippen LogP contribution is 2.53. The monoisotopic (exact) mass is 262 g/mol. The van der Waals surface area contributed by atoms with Gasteiger partial charge in [-0.15, -0.1) is 0 Å². The largest absolute Gasteiger partial charge is 0.444 e. The van der Waals surface area contributed by atoms with E-state index in [0.29, 0.717) is 0 Å². The van der Waals surface area contributed by atoms with E-state index in [0.717, 1.165) is 19.5 Å². The summed E-state index contributed by atoms with van der Waals surface area (Å²) in [5.41, 5.74) is -2.10. The van der Waals surface area contributed by atoms with Crippen molar-refractivity contribution in [1.29, 1.82) is 0 Å². The molecule has 0 aromatic carbocycles. The molecule has 2 rings (SSSR count). The van der Waals surface area contributed by atoms with Gasteiger partial charge in [0.25, 0.3) is 5.92 Å². The SMILES string of the molecule is CC(C)(C)OC(=O)NC1(CN2CCC2)CC1(F)F. The third-order valence-corrected chi connectivity index (χ3v) is 3.28. The molecule has 1 heterocycles. The number of halogens is 2. The maximum Gasteiger partial charge on any atom is 0.408 e. The minimum absolute atomic E-state index is 0.208. The Kier molecular flexibility index (Phi) is 3.04. The first-order valence-electron chi connectivity index (χ1n) is 6.25. The van der Waals surface area contributed by atoms with E-state index in [9.17, 15) is 13.6 Å². The molecule has 18 heavy (non-hydrogen) atoms. The summed E-state index contributed by atoms with van der Waals surface area (Å²) in [5.74, 6) is -2.82. The summed E-state index contributed by atoms with van der Waals surface area (Å²) in [4.78, 5) is 13.5. The van der Waals surface area contributed by atoms with Crippen LogP contribution in [0.3, 0.4) is 0 Å². The summed E-state index contributed by atoms with van der Waals surface area (Å²) < 4.78 is 32.0. The highest BCUT2D eigenvalue weighted by Gasteiger charge is 2.73. The standard InChI is InChI=1S/C12H20F2N2O2/c1-10(2,3)18-9(17)15-11(7-12(11,13)14)8-16-5-4-6-16/h4-8H2,1-3H3,(H,15,17). The third kappa shape index (κ3) is 2.74. The highest BCUT2D eigenvalue weighted by molar-refractivity contribution is 5.70. The molecule has 1 aliphatic heterocycles. The van der Waals surface area contributed by atoms with Gasteiger partial charge in [0.1, 0.15) is 11.1 Å². The molecular weight excluding hydrogens is 242 g/mol. The molecule has 0 bridgehead atoms. The van der Waals surface area contributed by atoms with Crippen LogP contribution < -0.4 is 5.32 Å². The molecule has 104 valence electrons. The van der Waals surface area contributed by atoms with Gasteiger partial charge in [-0.25, -0.2) is 13.6 Å². The zero-order valence-corrected chi connectivity index (χ0v) is 11.1. The van der Waals surface area contributed by atoms with Crippen molar-refractivity contribution < 1.29 is 18.3 Å². The van der Waals surface area contributed by atoms with Crippen molar-refractivity contribution in [2.24, 2.45) is 0 Å². The Labute approximate surface area is 106 Å². The number of carbonyl (C=O) groups excluding carboxylic acids is 1. The van der Waals surface area contributed by atoms with Gasteiger partial charge in [0.2, 0.25) is 0 Å². The molecule has 1 saturated carbocycles. The normalized spacial score (nSPS) is 30.5. The number of rotatable bonds is 3. The van der Waals surface area contributed by atoms with Crippen molar-refractivity contribution in [2.45, 2.75) is 50.7 Å². The third-order valence-electron chi connectivity index (χ3n) is 3.28. The summed E-state index contributed by atoms with van der Waals surface area (Å²) >= 11 is 0. The molecule has 2 aliphatic rings. The van der Waals surface area contributed by atoms with Crippen LogP contribution in [0.4, 0.5) is 13.6 Å². The Balaban J connectivity index is 1.93. The van der Waals surface area contributed by atoms with Crippen LogP contribution in [-0.4, -0.2) is 47.7 Å². The predicted octanol–water partition coefficient (Wildman–Crippen LogP) is 1.99. The Hall–Kier alpha value is -0.910. The van der Waals surface area contributed by atoms with Gasteiger partial charge in [-0.2, -0.15) is 0 Å². The lowest BCUT2D eigenvalue weighted by Crippen LogP contribution is -2.53. The van der Waals surface area contributed by atoms with Crippen molar-refractivity contribution in [3.63, 3.8) is 0 Å². The second-order valence-electron chi connectivity index (χ2n) is 6.22. The van der Waals surface area contributed by atoms with Crippen molar-refractivity contribution in [3.8, 4) is 0 Å². The zero-order valence-electron chi connectivity index (χ0n) is 11.1. The lowest BCUT2D eigenvalue weighted by Gasteiger charge is -2.34. The van der Waals surface area contributed by atoms with Crippen LogP contribution in [0.25, 0.3) is 0 Å². The maximum absolute atomic E-state index is 13.5. The fourth-order valence-electron chi connectivity index (χ4n) is 2.10. The van der Waals surface area contributed by atoms with Gasteiger partial charge >= 0.3 is 6.09 Å². The summed E-state index contributed by atoms with van der Waals surface area (Å²) in [7, 11) is 0. The predicted molar refractivity (Wildman–Crippen MR) is 62.7 cm³/mol. The fraction of sp³-hybridized carbons (Fsp3) is 0.917. The average molecular weight is 262 g/mol. The molecule has 1 saturated heterocycles. The van der Waals surface area contributed by atoms with Crippen LogP contribution in [-0.2, 0) is 4.74 Å². The number of carbonyl (C=O) groups is 1. The van der Waals surface area contributed by atoms with E-state index in [4.69, 9.17) is 4.74 Å². The van der Waals surface area contributed by atoms with Crippen molar-refractivity contribution in [3.05, 3.63) is 0 Å². The Morgan fingerprint density at radius 3 is 2.28 bits per heavy atom. The van der Waals surface area contributed by atoms with E-state index in [-0.39, 0.29) is 13.0 Å². The summed E-state index contributed by atoms with van der Waals surface area (Å²) in [6.45, 7) is 6.99. The molecule has 0 spiro atoms. The van der Waals surface area contributed by atoms with E-state index in [1.165, 1.54) is 0 Å². The molecule has 6 heteroatoms. The van der Waals surface area contributed by atoms with Crippen LogP contribution in [0.15, 0.2) is 0 Å². The molecule has 4 nitrogen and oxygen atoms in total. The van der Waals surface area contributed by atoms with Crippen molar-refractivity contribution >= 4 is 6.09 Å². The number of hydrogen-bond donors (Lipinski definition) is 1. The number of alkyl halides is 2. The summed E-state index contributed by atoms with van der Waals surface area (Å²) in [6, 6.07) is 0. The van der Waals surface area contributed by atoms with Gasteiger partial charge in [-0.1, -0.05) is 0 Å². The molecule has 1 amide bonds. The quantitative estimate of drug-likeness (QED) is 0.845. The van der Waals surface area contributed by atoms with Gasteiger partial charge in [-0.05, 0) is 40.3 Å². The van der Waals surface area contributed by atoms with Crippen LogP contribution in [0, 0.1) is 0 Å². The Morgan fingerprint density at radius 1 is 1.39 bits per heavy atom. The van der Waals surface area contributed by atoms with E-state index in [1.54, 1.807) is 20.8 Å². The molecule has 2 fully saturated rings. The van der Waals surface area contributed by atoms with Gasteiger partial charge in [0.15, 0.2) is 0 Å². The van der Waals surface area contributed by atoms with E-state index in [1.807, 2.05) is 4.90 Å². The maximum atomic E-state index is 13.5. The molecule has 1 unspecified atom stereocenters. The number of nitrogens with zero attached hydrogens (tertiary/aromatic N) is 1. The zero-order chi connectivity index (χ0) is 13.6. The van der Waals surface area contributed by atoms with Gasteiger partial charge in [-0.3, -0.25) is 0 Å². The molecule has 0 aromatic heterocycles. The van der Waals surface area contributed by atoms with Crippen LogP contribution in [0.2, 0.25) is 0 Å². The van der Waals surface area contributed by atoms with E-state index >= 15 is 0 Å². The average Bonchev–Trinajstić information content (AvgIpc) is 2.57. The fourth-order valence-corrected chi connectivity index (χ4v) is 2.10. The lowest BCUT2D eigenvalue weighted by molar-refractivity contribution is 0.0254. The molecule has 1 atom stereocenters. The number of ether oxygens (including phenoxy) is 1. The second kappa shape index (κ2) is 4.05. The van der Waals surface area contributed by atoms with E-state index < -0.39 is 23.2 Å². The molecule has 1 aliphatic carbocycles. The van der Waals surface area contributed by atoms with Crippen molar-refractivity contribution in [2.75, 3.05) is 19.6 Å². The number of amides is 1. The highest BCUT2D eigenvalue weighted by atomic mass is 19.3. The van der Waals surface area contributed by atoms with Crippen LogP contribution in [0.5, 0.6) is 0 Å². The summed E-state index contributed by atoms with van der Waals surface area (Å²) in [6.07, 6.45) is -0.0238. The topological polar surface area (TPSA) is 41.6 Å². The first-order valence-corrected chi connectivity index (χ1v) is 6.25. The first kappa shape index (κ1) is 13.5. The first-order chi connectivity index (χ1) is 8.14. The van der Waals surface area contributed by atoms with Gasteiger partial charge in [0.05, 0.1) is 0 Å². The molecular formula is C12H20F2N2O2. The minimum Gasteiger partial charge on any atom is -0.444 e. The van der Waals surface area contributed by atoms with Gasteiger partial charge < -0.3 is 15.0 Å². The number of likely N-dealkylation sites (tertiary alicyclic amines) is 1. The van der Waals surface area contributed by atoms with Crippen molar-refractivity contribution in [1.82, 2.24) is 10.2 Å². The summed E-state index contributed by atoms with van der Waals surface area (Å²) in [5, 5.41) is 2.36. The Bertz CT molecular complexity index is 350. The van der Waals surface area contributed by atoms with Gasteiger partial charge in [0, 0.05) is 13.0 Å². The number of nitrogens with one attached hydrogen (secondary N) is 1.